The van der Waals surface area contributed by atoms with Gasteiger partial charge < -0.3 is 10.1 Å². The van der Waals surface area contributed by atoms with Crippen molar-refractivity contribution in [3.63, 3.8) is 0 Å². The van der Waals surface area contributed by atoms with Crippen LogP contribution in [-0.2, 0) is 0 Å². The summed E-state index contributed by atoms with van der Waals surface area (Å²) in [5.41, 5.74) is 0. The van der Waals surface area contributed by atoms with Crippen LogP contribution in [0.5, 0.6) is 11.5 Å². The molecule has 1 aromatic heterocycles. The Morgan fingerprint density at radius 2 is 2.11 bits per heavy atom. The Morgan fingerprint density at radius 3 is 2.89 bits per heavy atom. The molecule has 0 saturated carbocycles. The van der Waals surface area contributed by atoms with Crippen LogP contribution in [0.15, 0.2) is 47.5 Å². The van der Waals surface area contributed by atoms with Gasteiger partial charge in [-0.1, -0.05) is 19.1 Å². The second-order valence-corrected chi connectivity index (χ2v) is 4.90. The highest BCUT2D eigenvalue weighted by Crippen LogP contribution is 2.31. The second kappa shape index (κ2) is 7.04. The van der Waals surface area contributed by atoms with Gasteiger partial charge in [-0.05, 0) is 30.9 Å². The Hall–Kier alpha value is -1.68. The average Bonchev–Trinajstić information content (AvgIpc) is 2.46. The summed E-state index contributed by atoms with van der Waals surface area (Å²) < 4.78 is 5.92. The van der Waals surface area contributed by atoms with Crippen molar-refractivity contribution in [1.82, 2.24) is 4.98 Å². The number of thioether (sulfide) groups is 1. The Morgan fingerprint density at radius 1 is 1.26 bits per heavy atom. The van der Waals surface area contributed by atoms with E-state index in [-0.39, 0.29) is 0 Å². The monoisotopic (exact) mass is 274 g/mol. The quantitative estimate of drug-likeness (QED) is 0.791. The largest absolute Gasteiger partial charge is 0.456 e. The minimum absolute atomic E-state index is 0.801. The third-order valence-corrected chi connectivity index (χ3v) is 3.36. The van der Waals surface area contributed by atoms with Crippen molar-refractivity contribution >= 4 is 17.6 Å². The van der Waals surface area contributed by atoms with E-state index < -0.39 is 0 Å². The molecule has 19 heavy (non-hydrogen) atoms. The lowest BCUT2D eigenvalue weighted by molar-refractivity contribution is 0.471. The van der Waals surface area contributed by atoms with Crippen LogP contribution in [0.25, 0.3) is 0 Å². The molecule has 0 fully saturated rings. The van der Waals surface area contributed by atoms with Gasteiger partial charge in [0.1, 0.15) is 17.3 Å². The molecule has 4 heteroatoms. The minimum atomic E-state index is 0.801. The number of rotatable bonds is 6. The summed E-state index contributed by atoms with van der Waals surface area (Å²) in [5.74, 6) is 2.53. The third kappa shape index (κ3) is 3.89. The van der Waals surface area contributed by atoms with E-state index in [4.69, 9.17) is 4.74 Å². The molecular formula is C15H18N2OS. The predicted octanol–water partition coefficient (Wildman–Crippen LogP) is 4.42. The van der Waals surface area contributed by atoms with E-state index in [0.29, 0.717) is 0 Å². The van der Waals surface area contributed by atoms with E-state index in [1.165, 1.54) is 0 Å². The van der Waals surface area contributed by atoms with E-state index >= 15 is 0 Å². The van der Waals surface area contributed by atoms with Gasteiger partial charge in [0.2, 0.25) is 0 Å². The lowest BCUT2D eigenvalue weighted by Gasteiger charge is -2.10. The van der Waals surface area contributed by atoms with Crippen LogP contribution in [-0.4, -0.2) is 17.8 Å². The summed E-state index contributed by atoms with van der Waals surface area (Å²) in [5, 5.41) is 3.25. The molecule has 1 N–H and O–H groups in total. The van der Waals surface area contributed by atoms with E-state index in [9.17, 15) is 0 Å². The van der Waals surface area contributed by atoms with Gasteiger partial charge in [0.05, 0.1) is 0 Å². The molecule has 1 heterocycles. The Labute approximate surface area is 118 Å². The van der Waals surface area contributed by atoms with Gasteiger partial charge in [-0.3, -0.25) is 0 Å². The molecule has 0 bridgehead atoms. The number of pyridine rings is 1. The number of hydrogen-bond donors (Lipinski definition) is 1. The molecule has 1 aromatic carbocycles. The fourth-order valence-corrected chi connectivity index (χ4v) is 2.18. The maximum Gasteiger partial charge on any atom is 0.140 e. The summed E-state index contributed by atoms with van der Waals surface area (Å²) in [7, 11) is 0. The number of nitrogens with zero attached hydrogens (tertiary/aromatic N) is 1. The molecule has 3 nitrogen and oxygen atoms in total. The van der Waals surface area contributed by atoms with Crippen molar-refractivity contribution in [2.45, 2.75) is 18.2 Å². The van der Waals surface area contributed by atoms with Crippen LogP contribution in [0.2, 0.25) is 0 Å². The van der Waals surface area contributed by atoms with Crippen molar-refractivity contribution in [3.05, 3.63) is 42.6 Å². The van der Waals surface area contributed by atoms with Gasteiger partial charge in [-0.15, -0.1) is 11.8 Å². The first-order valence-corrected chi connectivity index (χ1v) is 7.56. The zero-order valence-corrected chi connectivity index (χ0v) is 12.0. The number of hydrogen-bond acceptors (Lipinski definition) is 4. The normalized spacial score (nSPS) is 10.2. The maximum atomic E-state index is 5.92. The molecule has 0 amide bonds. The van der Waals surface area contributed by atoms with Gasteiger partial charge in [0.15, 0.2) is 0 Å². The van der Waals surface area contributed by atoms with Gasteiger partial charge in [-0.25, -0.2) is 4.98 Å². The van der Waals surface area contributed by atoms with Crippen LogP contribution < -0.4 is 10.1 Å². The van der Waals surface area contributed by atoms with E-state index in [2.05, 4.69) is 23.3 Å². The summed E-state index contributed by atoms with van der Waals surface area (Å²) in [4.78, 5) is 5.39. The third-order valence-electron chi connectivity index (χ3n) is 2.58. The minimum Gasteiger partial charge on any atom is -0.456 e. The summed E-state index contributed by atoms with van der Waals surface area (Å²) in [6, 6.07) is 11.8. The van der Waals surface area contributed by atoms with E-state index in [1.807, 2.05) is 36.6 Å². The topological polar surface area (TPSA) is 34.1 Å². The number of anilines is 1. The van der Waals surface area contributed by atoms with Gasteiger partial charge in [0, 0.05) is 23.7 Å². The summed E-state index contributed by atoms with van der Waals surface area (Å²) in [6.45, 7) is 3.04. The lowest BCUT2D eigenvalue weighted by atomic mass is 10.3. The Balaban J connectivity index is 2.14. The SMILES string of the molecule is CCCNc1cc(Oc2ccccc2SC)ccn1. The summed E-state index contributed by atoms with van der Waals surface area (Å²) in [6.07, 6.45) is 4.88. The van der Waals surface area contributed by atoms with Crippen molar-refractivity contribution in [2.24, 2.45) is 0 Å². The highest BCUT2D eigenvalue weighted by molar-refractivity contribution is 7.98. The van der Waals surface area contributed by atoms with Crippen molar-refractivity contribution in [3.8, 4) is 11.5 Å². The van der Waals surface area contributed by atoms with E-state index in [1.54, 1.807) is 18.0 Å². The van der Waals surface area contributed by atoms with Crippen LogP contribution >= 0.6 is 11.8 Å². The van der Waals surface area contributed by atoms with Crippen molar-refractivity contribution < 1.29 is 4.74 Å². The van der Waals surface area contributed by atoms with Gasteiger partial charge in [-0.2, -0.15) is 0 Å². The van der Waals surface area contributed by atoms with Gasteiger partial charge in [0.25, 0.3) is 0 Å². The molecule has 0 aliphatic heterocycles. The molecule has 0 spiro atoms. The highest BCUT2D eigenvalue weighted by atomic mass is 32.2. The van der Waals surface area contributed by atoms with Crippen molar-refractivity contribution in [1.29, 1.82) is 0 Å². The zero-order chi connectivity index (χ0) is 13.5. The number of benzene rings is 1. The molecule has 2 rings (SSSR count). The first kappa shape index (κ1) is 13.7. The predicted molar refractivity (Wildman–Crippen MR) is 81.3 cm³/mol. The first-order valence-electron chi connectivity index (χ1n) is 6.34. The first-order chi connectivity index (χ1) is 9.33. The molecular weight excluding hydrogens is 256 g/mol. The molecule has 0 saturated heterocycles. The lowest BCUT2D eigenvalue weighted by Crippen LogP contribution is -2.01. The number of para-hydroxylation sites is 1. The summed E-state index contributed by atoms with van der Waals surface area (Å²) >= 11 is 1.68. The Bertz CT molecular complexity index is 531. The van der Waals surface area contributed by atoms with Crippen LogP contribution in [0.3, 0.4) is 0 Å². The van der Waals surface area contributed by atoms with Gasteiger partial charge >= 0.3 is 0 Å². The molecule has 0 aliphatic carbocycles. The molecule has 0 atom stereocenters. The second-order valence-electron chi connectivity index (χ2n) is 4.06. The molecule has 0 unspecified atom stereocenters. The molecule has 2 aromatic rings. The zero-order valence-electron chi connectivity index (χ0n) is 11.2. The Kier molecular flexibility index (Phi) is 5.10. The van der Waals surface area contributed by atoms with E-state index in [0.717, 1.165) is 35.2 Å². The number of aromatic nitrogens is 1. The standard InChI is InChI=1S/C15H18N2OS/c1-3-9-16-15-11-12(8-10-17-15)18-13-6-4-5-7-14(13)19-2/h4-8,10-11H,3,9H2,1-2H3,(H,16,17). The average molecular weight is 274 g/mol. The van der Waals surface area contributed by atoms with Crippen LogP contribution in [0.4, 0.5) is 5.82 Å². The van der Waals surface area contributed by atoms with Crippen molar-refractivity contribution in [2.75, 3.05) is 18.1 Å². The maximum absolute atomic E-state index is 5.92. The number of ether oxygens (including phenoxy) is 1. The molecule has 100 valence electrons. The van der Waals surface area contributed by atoms with Crippen LogP contribution in [0, 0.1) is 0 Å². The molecule has 0 aliphatic rings. The fourth-order valence-electron chi connectivity index (χ4n) is 1.65. The fraction of sp³-hybridized carbons (Fsp3) is 0.267. The molecule has 0 radical (unpaired) electrons. The smallest absolute Gasteiger partial charge is 0.140 e. The van der Waals surface area contributed by atoms with Crippen LogP contribution in [0.1, 0.15) is 13.3 Å². The number of nitrogens with one attached hydrogen (secondary N) is 1. The highest BCUT2D eigenvalue weighted by Gasteiger charge is 2.04.